The summed E-state index contributed by atoms with van der Waals surface area (Å²) in [5.41, 5.74) is 2.12. The predicted octanol–water partition coefficient (Wildman–Crippen LogP) is 2.25. The molecule has 31 heavy (non-hydrogen) atoms. The van der Waals surface area contributed by atoms with E-state index in [0.717, 1.165) is 35.9 Å². The monoisotopic (exact) mass is 427 g/mol. The normalized spacial score (nSPS) is 14.0. The Morgan fingerprint density at radius 3 is 2.55 bits per heavy atom. The van der Waals surface area contributed by atoms with Crippen molar-refractivity contribution in [3.05, 3.63) is 48.7 Å². The van der Waals surface area contributed by atoms with Crippen LogP contribution in [0.4, 0.5) is 0 Å². The molecule has 0 bridgehead atoms. The lowest BCUT2D eigenvalue weighted by atomic mass is 10.0. The van der Waals surface area contributed by atoms with E-state index in [1.54, 1.807) is 13.1 Å². The summed E-state index contributed by atoms with van der Waals surface area (Å²) in [6.07, 6.45) is 7.35. The number of carbonyl (C=O) groups excluding carboxylic acids is 2. The summed E-state index contributed by atoms with van der Waals surface area (Å²) in [5, 5.41) is 13.3. The number of H-pyrrole nitrogens is 1. The number of aromatic nitrogens is 1. The van der Waals surface area contributed by atoms with E-state index in [-0.39, 0.29) is 17.9 Å². The van der Waals surface area contributed by atoms with Crippen LogP contribution in [0.1, 0.15) is 38.2 Å². The van der Waals surface area contributed by atoms with E-state index in [9.17, 15) is 9.59 Å². The lowest BCUT2D eigenvalue weighted by Gasteiger charge is -2.24. The number of para-hydroxylation sites is 1. The van der Waals surface area contributed by atoms with Crippen LogP contribution >= 0.6 is 0 Å². The van der Waals surface area contributed by atoms with Gasteiger partial charge in [0, 0.05) is 23.1 Å². The Hall–Kier alpha value is -2.64. The first kappa shape index (κ1) is 24.6. The number of fused-ring (bicyclic) bond motifs is 1. The lowest BCUT2D eigenvalue weighted by Crippen LogP contribution is -2.53. The van der Waals surface area contributed by atoms with E-state index < -0.39 is 12.1 Å². The molecule has 2 unspecified atom stereocenters. The molecular weight excluding hydrogens is 390 g/mol. The molecule has 0 aliphatic carbocycles. The average Bonchev–Trinajstić information content (AvgIpc) is 3.17. The van der Waals surface area contributed by atoms with Gasteiger partial charge in [0.1, 0.15) is 6.04 Å². The van der Waals surface area contributed by atoms with Crippen LogP contribution in [0.15, 0.2) is 43.1 Å². The molecule has 0 radical (unpaired) electrons. The molecule has 0 spiro atoms. The number of benzene rings is 1. The Labute approximate surface area is 185 Å². The molecule has 0 saturated carbocycles. The number of hydrogen-bond donors (Lipinski definition) is 5. The van der Waals surface area contributed by atoms with Gasteiger partial charge in [0.15, 0.2) is 0 Å². The number of hydrogen-bond acceptors (Lipinski definition) is 4. The average molecular weight is 428 g/mol. The fourth-order valence-electron chi connectivity index (χ4n) is 3.69. The number of likely N-dealkylation sites (N-methyl/N-ethyl adjacent to an activating group) is 1. The molecule has 1 aromatic heterocycles. The fourth-order valence-corrected chi connectivity index (χ4v) is 3.69. The summed E-state index contributed by atoms with van der Waals surface area (Å²) >= 11 is 0. The topological polar surface area (TPSA) is 98.1 Å². The van der Waals surface area contributed by atoms with E-state index >= 15 is 0 Å². The Morgan fingerprint density at radius 2 is 1.84 bits per heavy atom. The van der Waals surface area contributed by atoms with Crippen LogP contribution in [0.3, 0.4) is 0 Å². The quantitative estimate of drug-likeness (QED) is 0.236. The highest BCUT2D eigenvalue weighted by molar-refractivity contribution is 5.91. The molecule has 1 heterocycles. The van der Waals surface area contributed by atoms with Gasteiger partial charge >= 0.3 is 0 Å². The maximum Gasteiger partial charge on any atom is 0.242 e. The van der Waals surface area contributed by atoms with Crippen molar-refractivity contribution in [2.45, 2.75) is 57.2 Å². The summed E-state index contributed by atoms with van der Waals surface area (Å²) in [6.45, 7) is 6.54. The molecule has 7 nitrogen and oxygen atoms in total. The van der Waals surface area contributed by atoms with E-state index in [0.29, 0.717) is 19.3 Å². The highest BCUT2D eigenvalue weighted by Gasteiger charge is 2.26. The molecule has 1 aromatic carbocycles. The molecule has 3 atom stereocenters. The van der Waals surface area contributed by atoms with Gasteiger partial charge in [-0.2, -0.15) is 0 Å². The van der Waals surface area contributed by atoms with Crippen LogP contribution in [-0.2, 0) is 16.0 Å². The maximum absolute atomic E-state index is 13.1. The van der Waals surface area contributed by atoms with Gasteiger partial charge in [-0.25, -0.2) is 0 Å². The van der Waals surface area contributed by atoms with Crippen molar-refractivity contribution in [1.82, 2.24) is 26.3 Å². The van der Waals surface area contributed by atoms with Crippen molar-refractivity contribution in [3.8, 4) is 0 Å². The van der Waals surface area contributed by atoms with Crippen molar-refractivity contribution in [2.24, 2.45) is 0 Å². The van der Waals surface area contributed by atoms with Gasteiger partial charge in [-0.05, 0) is 71.3 Å². The molecule has 0 saturated heterocycles. The Kier molecular flexibility index (Phi) is 10.3. The van der Waals surface area contributed by atoms with E-state index in [4.69, 9.17) is 0 Å². The summed E-state index contributed by atoms with van der Waals surface area (Å²) in [5.74, 6) is -0.313. The van der Waals surface area contributed by atoms with Crippen molar-refractivity contribution in [2.75, 3.05) is 20.6 Å². The third kappa shape index (κ3) is 7.52. The Balaban J connectivity index is 2.05. The van der Waals surface area contributed by atoms with Gasteiger partial charge in [0.2, 0.25) is 11.8 Å². The molecule has 7 heteroatoms. The third-order valence-corrected chi connectivity index (χ3v) is 5.48. The molecular formula is C24H37N5O2. The lowest BCUT2D eigenvalue weighted by molar-refractivity contribution is -0.130. The van der Waals surface area contributed by atoms with Crippen molar-refractivity contribution >= 4 is 22.7 Å². The molecule has 2 aromatic rings. The predicted molar refractivity (Wildman–Crippen MR) is 127 cm³/mol. The smallest absolute Gasteiger partial charge is 0.242 e. The molecule has 0 aliphatic rings. The van der Waals surface area contributed by atoms with Crippen molar-refractivity contribution in [1.29, 1.82) is 0 Å². The molecule has 2 rings (SSSR count). The first-order valence-electron chi connectivity index (χ1n) is 11.1. The number of rotatable bonds is 14. The minimum atomic E-state index is -0.560. The van der Waals surface area contributed by atoms with Crippen LogP contribution in [0, 0.1) is 0 Å². The first-order valence-corrected chi connectivity index (χ1v) is 11.1. The van der Waals surface area contributed by atoms with Gasteiger partial charge in [-0.3, -0.25) is 9.59 Å². The summed E-state index contributed by atoms with van der Waals surface area (Å²) in [6, 6.07) is 7.02. The van der Waals surface area contributed by atoms with Crippen LogP contribution < -0.4 is 21.3 Å². The van der Waals surface area contributed by atoms with Crippen LogP contribution in [-0.4, -0.2) is 55.6 Å². The second kappa shape index (κ2) is 12.9. The largest absolute Gasteiger partial charge is 0.361 e. The number of carbonyl (C=O) groups is 2. The van der Waals surface area contributed by atoms with Gasteiger partial charge < -0.3 is 26.3 Å². The van der Waals surface area contributed by atoms with Crippen LogP contribution in [0.5, 0.6) is 0 Å². The fraction of sp³-hybridized carbons (Fsp3) is 0.500. The standard InChI is InChI=1S/C24H37N5O2/c1-5-10-17(2)28-23(30)21(13-8-9-14-25-3)29-24(31)22(26-4)15-18-16-27-20-12-7-6-11-19(18)20/h5-7,11-12,16-17,21-22,25-27H,1,8-10,13-15H2,2-4H3,(H,28,30)(H,29,31)/t17?,21-,22?/m0/s1. The van der Waals surface area contributed by atoms with E-state index in [1.165, 1.54) is 0 Å². The second-order valence-electron chi connectivity index (χ2n) is 8.00. The number of nitrogens with one attached hydrogen (secondary N) is 5. The van der Waals surface area contributed by atoms with E-state index in [1.807, 2.05) is 44.4 Å². The third-order valence-electron chi connectivity index (χ3n) is 5.48. The van der Waals surface area contributed by atoms with E-state index in [2.05, 4.69) is 32.8 Å². The zero-order valence-electron chi connectivity index (χ0n) is 19.0. The zero-order valence-corrected chi connectivity index (χ0v) is 19.0. The summed E-state index contributed by atoms with van der Waals surface area (Å²) < 4.78 is 0. The first-order chi connectivity index (χ1) is 15.0. The SMILES string of the molecule is C=CCC(C)NC(=O)[C@H](CCCCNC)NC(=O)C(Cc1c[nH]c2ccccc12)NC. The number of aromatic amines is 1. The molecule has 0 fully saturated rings. The number of amides is 2. The Morgan fingerprint density at radius 1 is 1.10 bits per heavy atom. The molecule has 5 N–H and O–H groups in total. The van der Waals surface area contributed by atoms with Crippen LogP contribution in [0.2, 0.25) is 0 Å². The van der Waals surface area contributed by atoms with Gasteiger partial charge in [-0.15, -0.1) is 6.58 Å². The van der Waals surface area contributed by atoms with Crippen molar-refractivity contribution in [3.63, 3.8) is 0 Å². The highest BCUT2D eigenvalue weighted by Crippen LogP contribution is 2.19. The van der Waals surface area contributed by atoms with Crippen molar-refractivity contribution < 1.29 is 9.59 Å². The maximum atomic E-state index is 13.1. The molecule has 0 aliphatic heterocycles. The zero-order chi connectivity index (χ0) is 22.6. The minimum absolute atomic E-state index is 0.0203. The van der Waals surface area contributed by atoms with Gasteiger partial charge in [0.05, 0.1) is 6.04 Å². The minimum Gasteiger partial charge on any atom is -0.361 e. The molecule has 2 amide bonds. The highest BCUT2D eigenvalue weighted by atomic mass is 16.2. The molecule has 170 valence electrons. The number of unbranched alkanes of at least 4 members (excludes halogenated alkanes) is 1. The van der Waals surface area contributed by atoms with Gasteiger partial charge in [0.25, 0.3) is 0 Å². The summed E-state index contributed by atoms with van der Waals surface area (Å²) in [7, 11) is 3.68. The Bertz CT molecular complexity index is 847. The summed E-state index contributed by atoms with van der Waals surface area (Å²) in [4.78, 5) is 29.1. The second-order valence-corrected chi connectivity index (χ2v) is 8.00. The van der Waals surface area contributed by atoms with Gasteiger partial charge in [-0.1, -0.05) is 24.3 Å². The van der Waals surface area contributed by atoms with Crippen LogP contribution in [0.25, 0.3) is 10.9 Å².